The molecule has 1 spiro atoms. The Morgan fingerprint density at radius 1 is 1.40 bits per heavy atom. The summed E-state index contributed by atoms with van der Waals surface area (Å²) >= 11 is 1.98. The summed E-state index contributed by atoms with van der Waals surface area (Å²) in [6.45, 7) is 7.73. The highest BCUT2D eigenvalue weighted by molar-refractivity contribution is 7.99. The Kier molecular flexibility index (Phi) is 5.80. The van der Waals surface area contributed by atoms with Crippen molar-refractivity contribution < 1.29 is 14.6 Å². The maximum atomic E-state index is 11.0. The molecule has 1 N–H and O–H groups in total. The molecule has 2 aliphatic heterocycles. The van der Waals surface area contributed by atoms with E-state index >= 15 is 0 Å². The lowest BCUT2D eigenvalue weighted by Gasteiger charge is -2.45. The number of thioether (sulfide) groups is 1. The number of rotatable bonds is 6. The summed E-state index contributed by atoms with van der Waals surface area (Å²) < 4.78 is 12.1. The first-order chi connectivity index (χ1) is 9.61. The van der Waals surface area contributed by atoms with Gasteiger partial charge in [0.15, 0.2) is 0 Å². The molecule has 4 heteroatoms. The molecule has 0 bridgehead atoms. The molecule has 0 aromatic heterocycles. The van der Waals surface area contributed by atoms with Crippen molar-refractivity contribution in [2.24, 2.45) is 5.92 Å². The molecule has 118 valence electrons. The maximum Gasteiger partial charge on any atom is 0.0937 e. The number of hydrogen-bond acceptors (Lipinski definition) is 4. The zero-order chi connectivity index (χ0) is 14.6. The minimum absolute atomic E-state index is 0.0357. The molecule has 3 atom stereocenters. The third-order valence-corrected chi connectivity index (χ3v) is 6.44. The average Bonchev–Trinajstić information content (AvgIpc) is 2.92. The van der Waals surface area contributed by atoms with E-state index in [0.29, 0.717) is 12.5 Å². The van der Waals surface area contributed by atoms with E-state index in [1.165, 1.54) is 5.75 Å². The molecular formula is C16H30O3S. The molecule has 0 saturated carbocycles. The van der Waals surface area contributed by atoms with Crippen LogP contribution >= 0.6 is 11.8 Å². The Morgan fingerprint density at radius 2 is 2.15 bits per heavy atom. The van der Waals surface area contributed by atoms with Crippen LogP contribution < -0.4 is 0 Å². The Hall–Kier alpha value is 0.230. The molecule has 2 aliphatic rings. The quantitative estimate of drug-likeness (QED) is 0.817. The van der Waals surface area contributed by atoms with E-state index in [0.717, 1.165) is 44.5 Å². The number of aliphatic hydroxyl groups is 1. The molecule has 0 radical (unpaired) electrons. The summed E-state index contributed by atoms with van der Waals surface area (Å²) in [6, 6.07) is 0. The van der Waals surface area contributed by atoms with Crippen molar-refractivity contribution >= 4 is 11.8 Å². The second-order valence-electron chi connectivity index (χ2n) is 6.24. The van der Waals surface area contributed by atoms with Crippen LogP contribution in [-0.2, 0) is 9.47 Å². The van der Waals surface area contributed by atoms with Crippen molar-refractivity contribution in [3.05, 3.63) is 0 Å². The molecule has 0 aliphatic carbocycles. The topological polar surface area (TPSA) is 38.7 Å². The van der Waals surface area contributed by atoms with Crippen LogP contribution in [0, 0.1) is 5.92 Å². The van der Waals surface area contributed by atoms with E-state index in [1.54, 1.807) is 0 Å². The summed E-state index contributed by atoms with van der Waals surface area (Å²) in [7, 11) is 0. The second-order valence-corrected chi connectivity index (χ2v) is 7.34. The normalized spacial score (nSPS) is 32.7. The largest absolute Gasteiger partial charge is 0.390 e. The predicted octanol–water partition coefficient (Wildman–Crippen LogP) is 3.24. The van der Waals surface area contributed by atoms with Gasteiger partial charge >= 0.3 is 0 Å². The lowest BCUT2D eigenvalue weighted by molar-refractivity contribution is -0.173. The molecular weight excluding hydrogens is 272 g/mol. The molecule has 2 rings (SSSR count). The van der Waals surface area contributed by atoms with Gasteiger partial charge in [-0.25, -0.2) is 0 Å². The number of ether oxygens (including phenoxy) is 2. The predicted molar refractivity (Wildman–Crippen MR) is 84.3 cm³/mol. The monoisotopic (exact) mass is 302 g/mol. The Labute approximate surface area is 127 Å². The molecule has 0 aromatic rings. The van der Waals surface area contributed by atoms with Crippen LogP contribution in [-0.4, -0.2) is 47.1 Å². The smallest absolute Gasteiger partial charge is 0.0937 e. The summed E-state index contributed by atoms with van der Waals surface area (Å²) in [5.74, 6) is 2.60. The van der Waals surface area contributed by atoms with Gasteiger partial charge in [0.05, 0.1) is 17.3 Å². The zero-order valence-electron chi connectivity index (χ0n) is 13.2. The van der Waals surface area contributed by atoms with Crippen LogP contribution in [0.2, 0.25) is 0 Å². The first-order valence-corrected chi connectivity index (χ1v) is 9.30. The Bertz CT molecular complexity index is 298. The molecule has 3 unspecified atom stereocenters. The van der Waals surface area contributed by atoms with Crippen LogP contribution in [0.25, 0.3) is 0 Å². The van der Waals surface area contributed by atoms with E-state index in [1.807, 2.05) is 18.7 Å². The van der Waals surface area contributed by atoms with Crippen molar-refractivity contribution in [1.82, 2.24) is 0 Å². The van der Waals surface area contributed by atoms with Crippen molar-refractivity contribution in [1.29, 1.82) is 0 Å². The van der Waals surface area contributed by atoms with Crippen LogP contribution in [0.1, 0.15) is 52.9 Å². The van der Waals surface area contributed by atoms with Crippen LogP contribution in [0.3, 0.4) is 0 Å². The minimum atomic E-state index is -0.371. The van der Waals surface area contributed by atoms with Gasteiger partial charge in [-0.15, -0.1) is 0 Å². The fourth-order valence-corrected chi connectivity index (χ4v) is 5.25. The first kappa shape index (κ1) is 16.6. The summed E-state index contributed by atoms with van der Waals surface area (Å²) in [6.07, 6.45) is 4.47. The molecule has 2 heterocycles. The van der Waals surface area contributed by atoms with E-state index in [2.05, 4.69) is 13.8 Å². The highest BCUT2D eigenvalue weighted by atomic mass is 32.2. The van der Waals surface area contributed by atoms with Crippen LogP contribution in [0.5, 0.6) is 0 Å². The summed E-state index contributed by atoms with van der Waals surface area (Å²) in [4.78, 5) is 0. The first-order valence-electron chi connectivity index (χ1n) is 8.15. The molecule has 3 nitrogen and oxygen atoms in total. The van der Waals surface area contributed by atoms with E-state index in [9.17, 15) is 5.11 Å². The highest BCUT2D eigenvalue weighted by Gasteiger charge is 2.47. The second kappa shape index (κ2) is 6.99. The molecule has 20 heavy (non-hydrogen) atoms. The van der Waals surface area contributed by atoms with Crippen LogP contribution in [0.15, 0.2) is 0 Å². The van der Waals surface area contributed by atoms with Gasteiger partial charge in [-0.2, -0.15) is 11.8 Å². The summed E-state index contributed by atoms with van der Waals surface area (Å²) in [5.41, 5.74) is -0.336. The van der Waals surface area contributed by atoms with Crippen LogP contribution in [0.4, 0.5) is 0 Å². The lowest BCUT2D eigenvalue weighted by Crippen LogP contribution is -2.52. The van der Waals surface area contributed by atoms with Gasteiger partial charge in [-0.3, -0.25) is 0 Å². The standard InChI is InChI=1S/C16H30O3S/c1-4-16(5-2,18-6-3)14(17)13-7-9-19-15(11-13)8-10-20-12-15/h13-14,17H,4-12H2,1-3H3. The number of hydrogen-bond donors (Lipinski definition) is 1. The molecule has 0 aromatic carbocycles. The SMILES string of the molecule is CCOC(CC)(CC)C(O)C1CCOC2(CCSC2)C1. The van der Waals surface area contributed by atoms with E-state index < -0.39 is 0 Å². The minimum Gasteiger partial charge on any atom is -0.390 e. The van der Waals surface area contributed by atoms with Gasteiger partial charge < -0.3 is 14.6 Å². The highest BCUT2D eigenvalue weighted by Crippen LogP contribution is 2.44. The van der Waals surface area contributed by atoms with E-state index in [4.69, 9.17) is 9.47 Å². The van der Waals surface area contributed by atoms with Crippen molar-refractivity contribution in [2.45, 2.75) is 70.2 Å². The lowest BCUT2D eigenvalue weighted by atomic mass is 9.75. The third kappa shape index (κ3) is 3.18. The third-order valence-electron chi connectivity index (χ3n) is 5.21. The van der Waals surface area contributed by atoms with Crippen molar-refractivity contribution in [3.8, 4) is 0 Å². The van der Waals surface area contributed by atoms with Gasteiger partial charge in [0.25, 0.3) is 0 Å². The average molecular weight is 302 g/mol. The fourth-order valence-electron chi connectivity index (χ4n) is 3.87. The Morgan fingerprint density at radius 3 is 2.70 bits per heavy atom. The Balaban J connectivity index is 2.08. The van der Waals surface area contributed by atoms with Gasteiger partial charge in [0.1, 0.15) is 0 Å². The van der Waals surface area contributed by atoms with Crippen molar-refractivity contribution in [3.63, 3.8) is 0 Å². The van der Waals surface area contributed by atoms with Gasteiger partial charge in [0, 0.05) is 19.0 Å². The van der Waals surface area contributed by atoms with Gasteiger partial charge in [-0.1, -0.05) is 13.8 Å². The van der Waals surface area contributed by atoms with E-state index in [-0.39, 0.29) is 17.3 Å². The fraction of sp³-hybridized carbons (Fsp3) is 1.00. The molecule has 2 saturated heterocycles. The summed E-state index contributed by atoms with van der Waals surface area (Å²) in [5, 5.41) is 11.0. The van der Waals surface area contributed by atoms with Crippen molar-refractivity contribution in [2.75, 3.05) is 24.7 Å². The molecule has 2 fully saturated rings. The zero-order valence-corrected chi connectivity index (χ0v) is 14.0. The maximum absolute atomic E-state index is 11.0. The van der Waals surface area contributed by atoms with Gasteiger partial charge in [0.2, 0.25) is 0 Å². The number of aliphatic hydroxyl groups excluding tert-OH is 1. The van der Waals surface area contributed by atoms with Gasteiger partial charge in [-0.05, 0) is 50.7 Å². The molecule has 0 amide bonds.